The minimum absolute atomic E-state index is 0.146. The summed E-state index contributed by atoms with van der Waals surface area (Å²) in [7, 11) is 5.91. The Labute approximate surface area is 388 Å². The van der Waals surface area contributed by atoms with Gasteiger partial charge in [-0.1, -0.05) is 204 Å². The second kappa shape index (κ2) is 46.1. The van der Waals surface area contributed by atoms with Crippen LogP contribution in [0.3, 0.4) is 0 Å². The van der Waals surface area contributed by atoms with E-state index in [4.69, 9.17) is 18.9 Å². The van der Waals surface area contributed by atoms with Gasteiger partial charge in [0.2, 0.25) is 0 Å². The maximum atomic E-state index is 12.8. The summed E-state index contributed by atoms with van der Waals surface area (Å²) in [5.74, 6) is -2.29. The van der Waals surface area contributed by atoms with Crippen molar-refractivity contribution in [3.05, 3.63) is 36.5 Å². The Morgan fingerprint density at radius 2 is 0.857 bits per heavy atom. The average molecular weight is 890 g/mol. The number of esters is 2. The molecule has 9 heteroatoms. The second-order valence-electron chi connectivity index (χ2n) is 18.8. The molecule has 0 heterocycles. The third-order valence-electron chi connectivity index (χ3n) is 11.4. The molecule has 0 fully saturated rings. The highest BCUT2D eigenvalue weighted by molar-refractivity contribution is 5.70. The number of carboxylic acid groups (broad SMARTS) is 1. The van der Waals surface area contributed by atoms with Gasteiger partial charge >= 0.3 is 11.9 Å². The standard InChI is InChI=1S/C54H99NO8/c1-6-8-10-12-14-16-18-20-22-24-25-26-27-29-31-33-35-37-39-41-43-45-52(57)63-50(49-62-54(53(58)59)60-47-46-55(3,4)5)48-61-51(56)44-42-40-38-36-34-32-30-28-23-21-19-17-15-13-11-9-7-2/h18,20,24-25,27,29,50,54H,6-17,19,21-23,26,28,30-49H2,1-5H3/b20-18-,25-24-,29-27-. The lowest BCUT2D eigenvalue weighted by Gasteiger charge is -2.26. The molecule has 0 radical (unpaired) electrons. The molecule has 0 aromatic heterocycles. The molecule has 0 aliphatic carbocycles. The molecule has 2 atom stereocenters. The number of aliphatic carboxylic acids is 1. The number of quaternary nitrogens is 1. The van der Waals surface area contributed by atoms with E-state index in [0.717, 1.165) is 70.6 Å². The van der Waals surface area contributed by atoms with Crippen LogP contribution in [0.5, 0.6) is 0 Å². The number of carboxylic acids is 1. The smallest absolute Gasteiger partial charge is 0.306 e. The van der Waals surface area contributed by atoms with Crippen LogP contribution >= 0.6 is 0 Å². The van der Waals surface area contributed by atoms with E-state index in [0.29, 0.717) is 23.9 Å². The molecule has 0 bridgehead atoms. The van der Waals surface area contributed by atoms with Gasteiger partial charge in [0.15, 0.2) is 12.4 Å². The van der Waals surface area contributed by atoms with Crippen LogP contribution in [-0.2, 0) is 33.3 Å². The summed E-state index contributed by atoms with van der Waals surface area (Å²) in [5.41, 5.74) is 0. The van der Waals surface area contributed by atoms with E-state index < -0.39 is 24.3 Å². The van der Waals surface area contributed by atoms with Crippen LogP contribution in [-0.4, -0.2) is 82.3 Å². The van der Waals surface area contributed by atoms with E-state index in [1.807, 2.05) is 21.1 Å². The molecule has 0 aliphatic heterocycles. The number of ether oxygens (including phenoxy) is 4. The van der Waals surface area contributed by atoms with E-state index in [1.54, 1.807) is 0 Å². The number of carbonyl (C=O) groups is 3. The first-order valence-electron chi connectivity index (χ1n) is 26.1. The quantitative estimate of drug-likeness (QED) is 0.0195. The fraction of sp³-hybridized carbons (Fsp3) is 0.833. The fourth-order valence-electron chi connectivity index (χ4n) is 7.31. The molecule has 63 heavy (non-hydrogen) atoms. The number of nitrogens with zero attached hydrogens (tertiary/aromatic N) is 1. The van der Waals surface area contributed by atoms with Crippen molar-refractivity contribution in [1.29, 1.82) is 0 Å². The molecule has 0 N–H and O–H groups in total. The number of hydrogen-bond acceptors (Lipinski definition) is 8. The molecule has 0 aromatic rings. The van der Waals surface area contributed by atoms with Gasteiger partial charge in [-0.2, -0.15) is 0 Å². The van der Waals surface area contributed by atoms with Crippen LogP contribution < -0.4 is 5.11 Å². The molecule has 0 spiro atoms. The van der Waals surface area contributed by atoms with Crippen LogP contribution in [0.25, 0.3) is 0 Å². The Balaban J connectivity index is 4.35. The molecular formula is C54H99NO8. The van der Waals surface area contributed by atoms with Crippen molar-refractivity contribution in [2.75, 3.05) is 47.5 Å². The third kappa shape index (κ3) is 47.3. The molecule has 0 aromatic carbocycles. The molecule has 9 nitrogen and oxygen atoms in total. The van der Waals surface area contributed by atoms with Gasteiger partial charge < -0.3 is 33.3 Å². The first-order chi connectivity index (χ1) is 30.6. The zero-order valence-corrected chi connectivity index (χ0v) is 41.7. The number of carbonyl (C=O) groups excluding carboxylic acids is 3. The van der Waals surface area contributed by atoms with Crippen LogP contribution in [0.2, 0.25) is 0 Å². The number of hydrogen-bond donors (Lipinski definition) is 0. The maximum Gasteiger partial charge on any atom is 0.306 e. The van der Waals surface area contributed by atoms with Gasteiger partial charge in [0.1, 0.15) is 13.2 Å². The van der Waals surface area contributed by atoms with Gasteiger partial charge in [0, 0.05) is 12.8 Å². The molecule has 0 saturated heterocycles. The Morgan fingerprint density at radius 1 is 0.476 bits per heavy atom. The fourth-order valence-corrected chi connectivity index (χ4v) is 7.31. The number of unbranched alkanes of at least 4 members (excludes halogenated alkanes) is 27. The summed E-state index contributed by atoms with van der Waals surface area (Å²) in [6.07, 6.45) is 50.3. The van der Waals surface area contributed by atoms with Gasteiger partial charge in [-0.15, -0.1) is 0 Å². The molecule has 2 unspecified atom stereocenters. The topological polar surface area (TPSA) is 111 Å². The number of likely N-dealkylation sites (N-methyl/N-ethyl adjacent to an activating group) is 1. The number of allylic oxidation sites excluding steroid dienone is 6. The molecule has 0 rings (SSSR count). The third-order valence-corrected chi connectivity index (χ3v) is 11.4. The van der Waals surface area contributed by atoms with Crippen molar-refractivity contribution >= 4 is 17.9 Å². The lowest BCUT2D eigenvalue weighted by molar-refractivity contribution is -0.870. The van der Waals surface area contributed by atoms with Crippen molar-refractivity contribution in [3.8, 4) is 0 Å². The molecule has 0 aliphatic rings. The van der Waals surface area contributed by atoms with Crippen molar-refractivity contribution in [2.45, 2.75) is 245 Å². The summed E-state index contributed by atoms with van der Waals surface area (Å²) in [5, 5.41) is 11.7. The van der Waals surface area contributed by atoms with Crippen LogP contribution in [0, 0.1) is 0 Å². The van der Waals surface area contributed by atoms with Crippen molar-refractivity contribution in [1.82, 2.24) is 0 Å². The van der Waals surface area contributed by atoms with Crippen molar-refractivity contribution in [3.63, 3.8) is 0 Å². The monoisotopic (exact) mass is 890 g/mol. The summed E-state index contributed by atoms with van der Waals surface area (Å²) >= 11 is 0. The SMILES string of the molecule is CCCCCCC/C=C\C/C=C\C/C=C\CCCCCCCCC(=O)OC(COC(=O)CCCCCCCCCCCCCCCCCCC)COC(OCC[N+](C)(C)C)C(=O)[O-]. The normalized spacial score (nSPS) is 13.1. The summed E-state index contributed by atoms with van der Waals surface area (Å²) < 4.78 is 22.6. The Hall–Kier alpha value is -2.49. The largest absolute Gasteiger partial charge is 0.545 e. The van der Waals surface area contributed by atoms with Gasteiger partial charge in [0.25, 0.3) is 0 Å². The summed E-state index contributed by atoms with van der Waals surface area (Å²) in [6, 6.07) is 0. The zero-order chi connectivity index (χ0) is 46.3. The molecular weight excluding hydrogens is 791 g/mol. The highest BCUT2D eigenvalue weighted by Crippen LogP contribution is 2.16. The minimum Gasteiger partial charge on any atom is -0.545 e. The Bertz CT molecular complexity index is 1130. The summed E-state index contributed by atoms with van der Waals surface area (Å²) in [6.45, 7) is 4.74. The number of rotatable bonds is 48. The van der Waals surface area contributed by atoms with E-state index >= 15 is 0 Å². The highest BCUT2D eigenvalue weighted by Gasteiger charge is 2.22. The van der Waals surface area contributed by atoms with E-state index in [9.17, 15) is 19.5 Å². The van der Waals surface area contributed by atoms with Crippen LogP contribution in [0.4, 0.5) is 0 Å². The predicted octanol–water partition coefficient (Wildman–Crippen LogP) is 13.2. The highest BCUT2D eigenvalue weighted by atomic mass is 16.7. The molecule has 0 amide bonds. The lowest BCUT2D eigenvalue weighted by Crippen LogP contribution is -2.44. The van der Waals surface area contributed by atoms with Gasteiger partial charge in [-0.25, -0.2) is 0 Å². The van der Waals surface area contributed by atoms with Gasteiger partial charge in [-0.3, -0.25) is 9.59 Å². The van der Waals surface area contributed by atoms with E-state index in [2.05, 4.69) is 50.3 Å². The zero-order valence-electron chi connectivity index (χ0n) is 41.7. The van der Waals surface area contributed by atoms with Gasteiger partial charge in [-0.05, 0) is 51.4 Å². The average Bonchev–Trinajstić information content (AvgIpc) is 3.24. The summed E-state index contributed by atoms with van der Waals surface area (Å²) in [4.78, 5) is 37.1. The van der Waals surface area contributed by atoms with Crippen LogP contribution in [0.1, 0.15) is 232 Å². The van der Waals surface area contributed by atoms with Crippen molar-refractivity contribution in [2.24, 2.45) is 0 Å². The lowest BCUT2D eigenvalue weighted by atomic mass is 10.0. The second-order valence-corrected chi connectivity index (χ2v) is 18.8. The predicted molar refractivity (Wildman–Crippen MR) is 260 cm³/mol. The van der Waals surface area contributed by atoms with E-state index in [-0.39, 0.29) is 32.2 Å². The first kappa shape index (κ1) is 60.5. The Morgan fingerprint density at radius 3 is 1.27 bits per heavy atom. The minimum atomic E-state index is -1.62. The first-order valence-corrected chi connectivity index (χ1v) is 26.1. The van der Waals surface area contributed by atoms with Crippen molar-refractivity contribution < 1.29 is 42.9 Å². The van der Waals surface area contributed by atoms with E-state index in [1.165, 1.54) is 128 Å². The molecule has 368 valence electrons. The van der Waals surface area contributed by atoms with Crippen LogP contribution in [0.15, 0.2) is 36.5 Å². The van der Waals surface area contributed by atoms with Gasteiger partial charge in [0.05, 0.1) is 40.3 Å². The Kier molecular flexibility index (Phi) is 44.2. The molecule has 0 saturated carbocycles. The maximum absolute atomic E-state index is 12.8.